The summed E-state index contributed by atoms with van der Waals surface area (Å²) in [5.74, 6) is 1.76. The minimum atomic E-state index is 0. The van der Waals surface area contributed by atoms with Gasteiger partial charge in [0.2, 0.25) is 0 Å². The summed E-state index contributed by atoms with van der Waals surface area (Å²) in [5, 5.41) is 15.7. The monoisotopic (exact) mass is 547 g/mol. The van der Waals surface area contributed by atoms with Crippen LogP contribution in [0.3, 0.4) is 0 Å². The highest BCUT2D eigenvalue weighted by atomic mass is 127. The molecule has 0 saturated carbocycles. The predicted molar refractivity (Wildman–Crippen MR) is 131 cm³/mol. The van der Waals surface area contributed by atoms with Gasteiger partial charge in [0.05, 0.1) is 19.3 Å². The SMILES string of the molecule is CCc1nncn1CCNC(=NC)NCC(c1cccc(Cl)c1)N1CCOCC1.I. The minimum Gasteiger partial charge on any atom is -0.379 e. The summed E-state index contributed by atoms with van der Waals surface area (Å²) in [7, 11) is 1.79. The van der Waals surface area contributed by atoms with Crippen molar-refractivity contribution in [3.05, 3.63) is 47.0 Å². The molecular weight excluding hydrogens is 517 g/mol. The number of nitrogens with one attached hydrogen (secondary N) is 2. The molecule has 0 spiro atoms. The molecule has 2 aromatic rings. The number of rotatable bonds is 8. The van der Waals surface area contributed by atoms with Crippen molar-refractivity contribution in [2.24, 2.45) is 4.99 Å². The largest absolute Gasteiger partial charge is 0.379 e. The molecule has 0 amide bonds. The number of morpholine rings is 1. The van der Waals surface area contributed by atoms with Gasteiger partial charge in [0.1, 0.15) is 12.2 Å². The lowest BCUT2D eigenvalue weighted by atomic mass is 10.0. The number of aryl methyl sites for hydroxylation is 1. The Labute approximate surface area is 200 Å². The van der Waals surface area contributed by atoms with Crippen molar-refractivity contribution in [2.75, 3.05) is 46.4 Å². The Morgan fingerprint density at radius 3 is 2.80 bits per heavy atom. The lowest BCUT2D eigenvalue weighted by Crippen LogP contribution is -2.46. The van der Waals surface area contributed by atoms with Gasteiger partial charge in [-0.25, -0.2) is 0 Å². The van der Waals surface area contributed by atoms with Crippen molar-refractivity contribution in [3.63, 3.8) is 0 Å². The summed E-state index contributed by atoms with van der Waals surface area (Å²) in [6, 6.07) is 8.27. The summed E-state index contributed by atoms with van der Waals surface area (Å²) in [6.45, 7) is 7.65. The fraction of sp³-hybridized carbons (Fsp3) is 0.550. The summed E-state index contributed by atoms with van der Waals surface area (Å²) >= 11 is 6.25. The molecule has 1 aromatic carbocycles. The first-order valence-corrected chi connectivity index (χ1v) is 10.5. The Morgan fingerprint density at radius 1 is 1.30 bits per heavy atom. The van der Waals surface area contributed by atoms with Crippen LogP contribution in [0.25, 0.3) is 0 Å². The number of hydrogen-bond donors (Lipinski definition) is 2. The van der Waals surface area contributed by atoms with Crippen LogP contribution in [0.1, 0.15) is 24.4 Å². The molecule has 1 aliphatic rings. The first kappa shape index (κ1) is 24.8. The van der Waals surface area contributed by atoms with Gasteiger partial charge in [-0.3, -0.25) is 9.89 Å². The van der Waals surface area contributed by atoms with Crippen molar-refractivity contribution < 1.29 is 4.74 Å². The second kappa shape index (κ2) is 13.1. The number of nitrogens with zero attached hydrogens (tertiary/aromatic N) is 5. The quantitative estimate of drug-likeness (QED) is 0.300. The van der Waals surface area contributed by atoms with E-state index < -0.39 is 0 Å². The third-order valence-corrected chi connectivity index (χ3v) is 5.30. The van der Waals surface area contributed by atoms with Crippen LogP contribution < -0.4 is 10.6 Å². The maximum atomic E-state index is 6.25. The van der Waals surface area contributed by atoms with E-state index in [9.17, 15) is 0 Å². The highest BCUT2D eigenvalue weighted by Gasteiger charge is 2.23. The summed E-state index contributed by atoms with van der Waals surface area (Å²) in [5.41, 5.74) is 1.19. The molecule has 0 radical (unpaired) electrons. The smallest absolute Gasteiger partial charge is 0.191 e. The Balaban J connectivity index is 0.00000320. The number of aromatic nitrogens is 3. The second-order valence-electron chi connectivity index (χ2n) is 6.89. The molecule has 1 unspecified atom stereocenters. The second-order valence-corrected chi connectivity index (χ2v) is 7.33. The molecule has 2 heterocycles. The van der Waals surface area contributed by atoms with Crippen molar-refractivity contribution in [3.8, 4) is 0 Å². The van der Waals surface area contributed by atoms with Gasteiger partial charge in [0.25, 0.3) is 0 Å². The van der Waals surface area contributed by atoms with Crippen LogP contribution in [0.2, 0.25) is 5.02 Å². The highest BCUT2D eigenvalue weighted by molar-refractivity contribution is 14.0. The maximum Gasteiger partial charge on any atom is 0.191 e. The van der Waals surface area contributed by atoms with Crippen molar-refractivity contribution in [2.45, 2.75) is 25.9 Å². The van der Waals surface area contributed by atoms with E-state index >= 15 is 0 Å². The van der Waals surface area contributed by atoms with Gasteiger partial charge in [0.15, 0.2) is 5.96 Å². The average molecular weight is 548 g/mol. The van der Waals surface area contributed by atoms with Gasteiger partial charge in [-0.05, 0) is 17.7 Å². The average Bonchev–Trinajstić information content (AvgIpc) is 3.21. The lowest BCUT2D eigenvalue weighted by Gasteiger charge is -2.35. The van der Waals surface area contributed by atoms with Crippen molar-refractivity contribution in [1.29, 1.82) is 0 Å². The van der Waals surface area contributed by atoms with E-state index in [-0.39, 0.29) is 30.0 Å². The van der Waals surface area contributed by atoms with Crippen LogP contribution >= 0.6 is 35.6 Å². The molecule has 30 heavy (non-hydrogen) atoms. The van der Waals surface area contributed by atoms with Crippen molar-refractivity contribution in [1.82, 2.24) is 30.3 Å². The van der Waals surface area contributed by atoms with E-state index in [1.807, 2.05) is 18.2 Å². The Morgan fingerprint density at radius 2 is 2.10 bits per heavy atom. The van der Waals surface area contributed by atoms with Gasteiger partial charge in [-0.15, -0.1) is 34.2 Å². The van der Waals surface area contributed by atoms with Crippen LogP contribution in [0.15, 0.2) is 35.6 Å². The number of aliphatic imine (C=N–C) groups is 1. The fourth-order valence-electron chi connectivity index (χ4n) is 3.51. The highest BCUT2D eigenvalue weighted by Crippen LogP contribution is 2.23. The van der Waals surface area contributed by atoms with Crippen LogP contribution in [0.5, 0.6) is 0 Å². The molecule has 2 N–H and O–H groups in total. The van der Waals surface area contributed by atoms with Crippen LogP contribution in [-0.4, -0.2) is 72.1 Å². The summed E-state index contributed by atoms with van der Waals surface area (Å²) < 4.78 is 7.59. The Bertz CT molecular complexity index is 795. The van der Waals surface area contributed by atoms with Crippen molar-refractivity contribution >= 4 is 41.5 Å². The molecular formula is C20H31ClIN7O. The van der Waals surface area contributed by atoms with E-state index in [0.29, 0.717) is 0 Å². The van der Waals surface area contributed by atoms with Gasteiger partial charge in [-0.1, -0.05) is 30.7 Å². The number of benzene rings is 1. The number of halogens is 2. The topological polar surface area (TPSA) is 79.6 Å². The normalized spacial score (nSPS) is 16.0. The van der Waals surface area contributed by atoms with E-state index in [4.69, 9.17) is 16.3 Å². The lowest BCUT2D eigenvalue weighted by molar-refractivity contribution is 0.0170. The van der Waals surface area contributed by atoms with Crippen LogP contribution in [-0.2, 0) is 17.7 Å². The molecule has 3 rings (SSSR count). The van der Waals surface area contributed by atoms with Gasteiger partial charge < -0.3 is 19.9 Å². The molecule has 1 saturated heterocycles. The summed E-state index contributed by atoms with van der Waals surface area (Å²) in [4.78, 5) is 6.79. The Hall–Kier alpha value is -1.43. The molecule has 1 aromatic heterocycles. The molecule has 1 aliphatic heterocycles. The molecule has 1 fully saturated rings. The van der Waals surface area contributed by atoms with Gasteiger partial charge >= 0.3 is 0 Å². The number of guanidine groups is 1. The third kappa shape index (κ3) is 7.07. The van der Waals surface area contributed by atoms with E-state index in [1.165, 1.54) is 5.56 Å². The molecule has 8 nitrogen and oxygen atoms in total. The predicted octanol–water partition coefficient (Wildman–Crippen LogP) is 2.35. The maximum absolute atomic E-state index is 6.25. The molecule has 1 atom stereocenters. The molecule has 10 heteroatoms. The first-order valence-electron chi connectivity index (χ1n) is 10.1. The minimum absolute atomic E-state index is 0. The van der Waals surface area contributed by atoms with Gasteiger partial charge in [-0.2, -0.15) is 0 Å². The van der Waals surface area contributed by atoms with E-state index in [2.05, 4.69) is 48.3 Å². The third-order valence-electron chi connectivity index (χ3n) is 5.06. The molecule has 0 aliphatic carbocycles. The molecule has 166 valence electrons. The van der Waals surface area contributed by atoms with Crippen LogP contribution in [0, 0.1) is 0 Å². The molecule has 0 bridgehead atoms. The van der Waals surface area contributed by atoms with E-state index in [0.717, 1.165) is 69.2 Å². The first-order chi connectivity index (χ1) is 14.2. The fourth-order valence-corrected chi connectivity index (χ4v) is 3.71. The number of hydrogen-bond acceptors (Lipinski definition) is 5. The summed E-state index contributed by atoms with van der Waals surface area (Å²) in [6.07, 6.45) is 2.64. The zero-order valence-corrected chi connectivity index (χ0v) is 20.6. The van der Waals surface area contributed by atoms with E-state index in [1.54, 1.807) is 13.4 Å². The van der Waals surface area contributed by atoms with Gasteiger partial charge in [0, 0.05) is 51.2 Å². The zero-order valence-electron chi connectivity index (χ0n) is 17.6. The number of ether oxygens (including phenoxy) is 1. The zero-order chi connectivity index (χ0) is 20.5. The standard InChI is InChI=1S/C20H30ClN7O.HI/c1-3-19-26-25-15-28(19)8-7-23-20(22-2)24-14-18(27-9-11-29-12-10-27)16-5-4-6-17(21)13-16;/h4-6,13,15,18H,3,7-12,14H2,1-2H3,(H2,22,23,24);1H. The Kier molecular flexibility index (Phi) is 10.8. The van der Waals surface area contributed by atoms with Crippen LogP contribution in [0.4, 0.5) is 0 Å².